The first-order valence-electron chi connectivity index (χ1n) is 15.5. The molecule has 3 fully saturated rings. The Morgan fingerprint density at radius 2 is 1.52 bits per heavy atom. The Morgan fingerprint density at radius 3 is 2.27 bits per heavy atom. The summed E-state index contributed by atoms with van der Waals surface area (Å²) < 4.78 is 0. The molecule has 4 aliphatic rings. The second-order valence-corrected chi connectivity index (χ2v) is 11.9. The Hall–Kier alpha value is -3.19. The van der Waals surface area contributed by atoms with E-state index in [2.05, 4.69) is 33.3 Å². The summed E-state index contributed by atoms with van der Waals surface area (Å²) in [6.07, 6.45) is 12.4. The number of carbonyl (C=O) groups excluding carboxylic acids is 2. The van der Waals surface area contributed by atoms with Gasteiger partial charge in [-0.15, -0.1) is 0 Å². The molecule has 1 N–H and O–H groups in total. The fourth-order valence-electron chi connectivity index (χ4n) is 7.15. The molecule has 0 radical (unpaired) electrons. The van der Waals surface area contributed by atoms with Crippen molar-refractivity contribution >= 4 is 34.6 Å². The number of likely N-dealkylation sites (tertiary alicyclic amines) is 1. The summed E-state index contributed by atoms with van der Waals surface area (Å²) in [5.41, 5.74) is 4.81. The molecular formula is C33H43N5O2. The van der Waals surface area contributed by atoms with Crippen molar-refractivity contribution < 1.29 is 9.59 Å². The SMILES string of the molecule is O=C(CN1C(=O)CN=C(C2CCCCC2)c2ccccc21)Nc1ccc(N2CCC(N3CCCCC3)CC2)cc1. The Bertz CT molecular complexity index is 1210. The fraction of sp³-hybridized carbons (Fsp3) is 0.545. The lowest BCUT2D eigenvalue weighted by atomic mass is 9.83. The van der Waals surface area contributed by atoms with Gasteiger partial charge in [-0.25, -0.2) is 0 Å². The molecule has 40 heavy (non-hydrogen) atoms. The van der Waals surface area contributed by atoms with E-state index in [0.717, 1.165) is 54.6 Å². The summed E-state index contributed by atoms with van der Waals surface area (Å²) in [5.74, 6) is 0.0710. The van der Waals surface area contributed by atoms with Gasteiger partial charge in [-0.2, -0.15) is 0 Å². The maximum absolute atomic E-state index is 13.2. The van der Waals surface area contributed by atoms with E-state index in [-0.39, 0.29) is 24.9 Å². The van der Waals surface area contributed by atoms with Crippen molar-refractivity contribution in [2.45, 2.75) is 70.3 Å². The number of carbonyl (C=O) groups is 2. The smallest absolute Gasteiger partial charge is 0.249 e. The van der Waals surface area contributed by atoms with Gasteiger partial charge in [-0.1, -0.05) is 43.9 Å². The van der Waals surface area contributed by atoms with Crippen LogP contribution in [-0.4, -0.2) is 67.7 Å². The van der Waals surface area contributed by atoms with Gasteiger partial charge in [0.15, 0.2) is 0 Å². The van der Waals surface area contributed by atoms with Crippen LogP contribution in [0.2, 0.25) is 0 Å². The molecule has 0 bridgehead atoms. The maximum atomic E-state index is 13.2. The monoisotopic (exact) mass is 541 g/mol. The quantitative estimate of drug-likeness (QED) is 0.525. The first kappa shape index (κ1) is 27.0. The lowest BCUT2D eigenvalue weighted by Crippen LogP contribution is -2.46. The van der Waals surface area contributed by atoms with Gasteiger partial charge in [-0.05, 0) is 81.9 Å². The lowest BCUT2D eigenvalue weighted by molar-refractivity contribution is -0.120. The van der Waals surface area contributed by atoms with Crippen molar-refractivity contribution in [3.63, 3.8) is 0 Å². The number of hydrogen-bond acceptors (Lipinski definition) is 5. The summed E-state index contributed by atoms with van der Waals surface area (Å²) in [6, 6.07) is 16.8. The van der Waals surface area contributed by atoms with Crippen LogP contribution in [0.4, 0.5) is 17.1 Å². The van der Waals surface area contributed by atoms with Gasteiger partial charge in [0.05, 0.1) is 5.69 Å². The van der Waals surface area contributed by atoms with Crippen molar-refractivity contribution in [2.24, 2.45) is 10.9 Å². The number of benzene rings is 2. The van der Waals surface area contributed by atoms with Crippen LogP contribution in [0.15, 0.2) is 53.5 Å². The van der Waals surface area contributed by atoms with E-state index in [1.165, 1.54) is 70.1 Å². The maximum Gasteiger partial charge on any atom is 0.249 e. The Morgan fingerprint density at radius 1 is 0.825 bits per heavy atom. The predicted molar refractivity (Wildman–Crippen MR) is 163 cm³/mol. The minimum absolute atomic E-state index is 0.0188. The average molecular weight is 542 g/mol. The first-order valence-corrected chi connectivity index (χ1v) is 15.5. The summed E-state index contributed by atoms with van der Waals surface area (Å²) >= 11 is 0. The normalized spacial score (nSPS) is 21.5. The average Bonchev–Trinajstić information content (AvgIpc) is 3.15. The van der Waals surface area contributed by atoms with E-state index >= 15 is 0 Å². The Kier molecular flexibility index (Phi) is 8.47. The molecule has 0 atom stereocenters. The predicted octanol–water partition coefficient (Wildman–Crippen LogP) is 5.50. The van der Waals surface area contributed by atoms with Crippen LogP contribution in [0.25, 0.3) is 0 Å². The second-order valence-electron chi connectivity index (χ2n) is 11.9. The van der Waals surface area contributed by atoms with Crippen LogP contribution in [0.5, 0.6) is 0 Å². The topological polar surface area (TPSA) is 68.2 Å². The molecule has 1 saturated carbocycles. The van der Waals surface area contributed by atoms with Gasteiger partial charge < -0.3 is 20.0 Å². The molecule has 2 amide bonds. The van der Waals surface area contributed by atoms with E-state index in [4.69, 9.17) is 4.99 Å². The molecule has 2 aromatic carbocycles. The zero-order valence-corrected chi connectivity index (χ0v) is 23.7. The molecule has 0 spiro atoms. The van der Waals surface area contributed by atoms with Gasteiger partial charge >= 0.3 is 0 Å². The highest BCUT2D eigenvalue weighted by Gasteiger charge is 2.30. The van der Waals surface area contributed by atoms with Crippen molar-refractivity contribution in [3.8, 4) is 0 Å². The second kappa shape index (κ2) is 12.5. The third-order valence-corrected chi connectivity index (χ3v) is 9.34. The van der Waals surface area contributed by atoms with E-state index < -0.39 is 0 Å². The van der Waals surface area contributed by atoms with Gasteiger partial charge in [0.1, 0.15) is 13.1 Å². The van der Waals surface area contributed by atoms with Crippen LogP contribution >= 0.6 is 0 Å². The zero-order chi connectivity index (χ0) is 27.3. The third kappa shape index (κ3) is 6.09. The minimum Gasteiger partial charge on any atom is -0.371 e. The number of nitrogens with zero attached hydrogens (tertiary/aromatic N) is 4. The van der Waals surface area contributed by atoms with Gasteiger partial charge in [0.25, 0.3) is 0 Å². The van der Waals surface area contributed by atoms with Crippen LogP contribution in [-0.2, 0) is 9.59 Å². The molecule has 0 aromatic heterocycles. The van der Waals surface area contributed by atoms with Crippen molar-refractivity contribution in [2.75, 3.05) is 54.4 Å². The first-order chi connectivity index (χ1) is 19.7. The highest BCUT2D eigenvalue weighted by atomic mass is 16.2. The van der Waals surface area contributed by atoms with Crippen LogP contribution in [0.3, 0.4) is 0 Å². The molecule has 2 saturated heterocycles. The van der Waals surface area contributed by atoms with Gasteiger partial charge in [0, 0.05) is 47.7 Å². The van der Waals surface area contributed by atoms with E-state index in [0.29, 0.717) is 5.92 Å². The van der Waals surface area contributed by atoms with E-state index in [9.17, 15) is 9.59 Å². The standard InChI is InChI=1S/C33H43N5O2/c39-31(24-38-30-12-6-5-11-29(30)33(34-23-32(38)40)25-9-3-1-4-10-25)35-26-13-15-27(16-14-26)37-21-17-28(18-22-37)36-19-7-2-8-20-36/h5-6,11-16,25,28H,1-4,7-10,17-24H2,(H,35,39). The van der Waals surface area contributed by atoms with Crippen molar-refractivity contribution in [3.05, 3.63) is 54.1 Å². The number of fused-ring (bicyclic) bond motifs is 1. The zero-order valence-electron chi connectivity index (χ0n) is 23.7. The van der Waals surface area contributed by atoms with Gasteiger partial charge in [0.2, 0.25) is 11.8 Å². The van der Waals surface area contributed by atoms with E-state index in [1.54, 1.807) is 4.90 Å². The molecule has 212 valence electrons. The summed E-state index contributed by atoms with van der Waals surface area (Å²) in [7, 11) is 0. The summed E-state index contributed by atoms with van der Waals surface area (Å²) in [4.78, 5) is 37.9. The van der Waals surface area contributed by atoms with Crippen LogP contribution in [0.1, 0.15) is 69.8 Å². The molecule has 3 aliphatic heterocycles. The number of rotatable bonds is 6. The third-order valence-electron chi connectivity index (χ3n) is 9.34. The molecular weight excluding hydrogens is 498 g/mol. The summed E-state index contributed by atoms with van der Waals surface area (Å²) in [5, 5.41) is 3.02. The molecule has 1 aliphatic carbocycles. The lowest BCUT2D eigenvalue weighted by Gasteiger charge is -2.41. The van der Waals surface area contributed by atoms with Crippen molar-refractivity contribution in [1.82, 2.24) is 4.90 Å². The number of benzodiazepines with no additional fused rings is 1. The van der Waals surface area contributed by atoms with Gasteiger partial charge in [-0.3, -0.25) is 14.6 Å². The Labute approximate surface area is 238 Å². The largest absolute Gasteiger partial charge is 0.371 e. The molecule has 7 heteroatoms. The number of anilines is 3. The highest BCUT2D eigenvalue weighted by Crippen LogP contribution is 2.33. The minimum atomic E-state index is -0.195. The molecule has 0 unspecified atom stereocenters. The number of hydrogen-bond donors (Lipinski definition) is 1. The van der Waals surface area contributed by atoms with Crippen molar-refractivity contribution in [1.29, 1.82) is 0 Å². The highest BCUT2D eigenvalue weighted by molar-refractivity contribution is 6.14. The summed E-state index contributed by atoms with van der Waals surface area (Å²) in [6.45, 7) is 4.76. The molecule has 3 heterocycles. The Balaban J connectivity index is 1.07. The van der Waals surface area contributed by atoms with Crippen LogP contribution < -0.4 is 15.1 Å². The fourth-order valence-corrected chi connectivity index (χ4v) is 7.15. The number of para-hydroxylation sites is 1. The number of piperidine rings is 2. The molecule has 7 nitrogen and oxygen atoms in total. The number of amides is 2. The molecule has 2 aromatic rings. The van der Waals surface area contributed by atoms with E-state index in [1.807, 2.05) is 30.3 Å². The number of aliphatic imine (C=N–C) groups is 1. The number of nitrogens with one attached hydrogen (secondary N) is 1. The molecule has 6 rings (SSSR count). The van der Waals surface area contributed by atoms with Crippen LogP contribution in [0, 0.1) is 5.92 Å².